The molecular weight excluding hydrogens is 404 g/mol. The molecule has 4 fully saturated rings. The van der Waals surface area contributed by atoms with E-state index in [1.54, 1.807) is 0 Å². The first-order valence-corrected chi connectivity index (χ1v) is 12.9. The Morgan fingerprint density at radius 1 is 1.00 bits per heavy atom. The minimum atomic E-state index is -0.876. The van der Waals surface area contributed by atoms with Crippen LogP contribution >= 0.6 is 0 Å². The molecule has 2 bridgehead atoms. The van der Waals surface area contributed by atoms with E-state index in [2.05, 4.69) is 34.6 Å². The number of fused-ring (bicyclic) bond motifs is 2. The van der Waals surface area contributed by atoms with E-state index in [0.717, 1.165) is 51.4 Å². The van der Waals surface area contributed by atoms with Gasteiger partial charge in [-0.25, -0.2) is 0 Å². The van der Waals surface area contributed by atoms with Crippen LogP contribution in [0.4, 0.5) is 0 Å². The second-order valence-corrected chi connectivity index (χ2v) is 12.9. The molecule has 0 aromatic rings. The molecule has 1 N–H and O–H groups in total. The predicted molar refractivity (Wildman–Crippen MR) is 123 cm³/mol. The van der Waals surface area contributed by atoms with Gasteiger partial charge in [0, 0.05) is 18.8 Å². The highest BCUT2D eigenvalue weighted by Crippen LogP contribution is 2.75. The summed E-state index contributed by atoms with van der Waals surface area (Å²) in [6.45, 7) is 12.8. The topological polar surface area (TPSA) is 72.8 Å². The summed E-state index contributed by atoms with van der Waals surface area (Å²) in [4.78, 5) is 23.9. The van der Waals surface area contributed by atoms with Crippen molar-refractivity contribution in [1.29, 1.82) is 0 Å². The summed E-state index contributed by atoms with van der Waals surface area (Å²) in [5.41, 5.74) is -0.493. The lowest BCUT2D eigenvalue weighted by Gasteiger charge is -2.68. The van der Waals surface area contributed by atoms with Gasteiger partial charge in [-0.1, -0.05) is 34.6 Å². The van der Waals surface area contributed by atoms with E-state index < -0.39 is 5.60 Å². The smallest absolute Gasteiger partial charge is 0.306 e. The van der Waals surface area contributed by atoms with Crippen molar-refractivity contribution in [2.45, 2.75) is 111 Å². The number of esters is 2. The third-order valence-electron chi connectivity index (χ3n) is 10.4. The maximum absolute atomic E-state index is 12.5. The fourth-order valence-electron chi connectivity index (χ4n) is 8.89. The zero-order chi connectivity index (χ0) is 23.5. The molecule has 0 unspecified atom stereocenters. The summed E-state index contributed by atoms with van der Waals surface area (Å²) >= 11 is 0. The van der Waals surface area contributed by atoms with Crippen molar-refractivity contribution in [3.8, 4) is 0 Å². The van der Waals surface area contributed by atoms with Crippen molar-refractivity contribution >= 4 is 11.9 Å². The van der Waals surface area contributed by atoms with Crippen LogP contribution in [0.2, 0.25) is 0 Å². The number of rotatable bonds is 5. The van der Waals surface area contributed by atoms with Crippen LogP contribution in [0, 0.1) is 39.9 Å². The lowest BCUT2D eigenvalue weighted by atomic mass is 9.38. The van der Waals surface area contributed by atoms with Gasteiger partial charge in [0.15, 0.2) is 0 Å². The van der Waals surface area contributed by atoms with Crippen LogP contribution in [0.15, 0.2) is 0 Å². The van der Waals surface area contributed by atoms with Crippen LogP contribution < -0.4 is 0 Å². The first-order valence-electron chi connectivity index (χ1n) is 12.9. The molecule has 4 aliphatic carbocycles. The Kier molecular flexibility index (Phi) is 6.00. The molecule has 0 aromatic carbocycles. The molecular formula is C27H44O5. The zero-order valence-electron chi connectivity index (χ0n) is 21.0. The second-order valence-electron chi connectivity index (χ2n) is 12.9. The molecule has 0 aliphatic heterocycles. The number of carbonyl (C=O) groups is 2. The van der Waals surface area contributed by atoms with Gasteiger partial charge in [-0.05, 0) is 85.9 Å². The normalized spacial score (nSPS) is 44.5. The van der Waals surface area contributed by atoms with Gasteiger partial charge in [0.05, 0.1) is 0 Å². The number of carbonyl (C=O) groups excluding carboxylic acids is 2. The van der Waals surface area contributed by atoms with Crippen LogP contribution in [0.25, 0.3) is 0 Å². The molecule has 1 spiro atoms. The van der Waals surface area contributed by atoms with Gasteiger partial charge in [-0.15, -0.1) is 0 Å². The Morgan fingerprint density at radius 3 is 2.38 bits per heavy atom. The van der Waals surface area contributed by atoms with Crippen LogP contribution in [0.5, 0.6) is 0 Å². The number of ether oxygens (including phenoxy) is 2. The second kappa shape index (κ2) is 7.99. The van der Waals surface area contributed by atoms with Gasteiger partial charge < -0.3 is 14.6 Å². The van der Waals surface area contributed by atoms with Crippen LogP contribution in [-0.4, -0.2) is 35.4 Å². The standard InChI is InChI=1S/C27H44O5/c1-17(2)13-23(29)32-22-10-11-25(6)21(24(22,4)5)8-7-19-15-27(30,16-31-18(3)28)20-9-12-26(19,25)14-20/h17,19-22,30H,7-16H2,1-6H3/t19-,20-,21+,22+,25+,26-,27-/m0/s1. The van der Waals surface area contributed by atoms with Crippen molar-refractivity contribution in [2.24, 2.45) is 39.9 Å². The van der Waals surface area contributed by atoms with E-state index in [1.165, 1.54) is 6.92 Å². The quantitative estimate of drug-likeness (QED) is 0.579. The Bertz CT molecular complexity index is 759. The maximum atomic E-state index is 12.5. The average molecular weight is 449 g/mol. The third-order valence-corrected chi connectivity index (χ3v) is 10.4. The van der Waals surface area contributed by atoms with Crippen LogP contribution in [0.1, 0.15) is 99.3 Å². The number of hydrogen-bond acceptors (Lipinski definition) is 5. The van der Waals surface area contributed by atoms with Gasteiger partial charge in [-0.3, -0.25) is 9.59 Å². The molecule has 5 nitrogen and oxygen atoms in total. The van der Waals surface area contributed by atoms with E-state index in [9.17, 15) is 14.7 Å². The molecule has 32 heavy (non-hydrogen) atoms. The summed E-state index contributed by atoms with van der Waals surface area (Å²) in [6.07, 6.45) is 8.68. The lowest BCUT2D eigenvalue weighted by Crippen LogP contribution is -2.64. The minimum absolute atomic E-state index is 0.0125. The number of hydrogen-bond donors (Lipinski definition) is 1. The lowest BCUT2D eigenvalue weighted by molar-refractivity contribution is -0.229. The molecule has 182 valence electrons. The predicted octanol–water partition coefficient (Wildman–Crippen LogP) is 5.28. The van der Waals surface area contributed by atoms with E-state index >= 15 is 0 Å². The van der Waals surface area contributed by atoms with Gasteiger partial charge in [-0.2, -0.15) is 0 Å². The van der Waals surface area contributed by atoms with Crippen molar-refractivity contribution in [1.82, 2.24) is 0 Å². The highest BCUT2D eigenvalue weighted by atomic mass is 16.5. The Hall–Kier alpha value is -1.10. The monoisotopic (exact) mass is 448 g/mol. The van der Waals surface area contributed by atoms with E-state index in [4.69, 9.17) is 9.47 Å². The fourth-order valence-corrected chi connectivity index (χ4v) is 8.89. The zero-order valence-corrected chi connectivity index (χ0v) is 21.0. The number of aliphatic hydroxyl groups is 1. The van der Waals surface area contributed by atoms with Crippen LogP contribution in [0.3, 0.4) is 0 Å². The molecule has 0 saturated heterocycles. The molecule has 4 aliphatic rings. The average Bonchev–Trinajstić information content (AvgIpc) is 3.09. The molecule has 0 amide bonds. The summed E-state index contributed by atoms with van der Waals surface area (Å²) < 4.78 is 11.4. The van der Waals surface area contributed by atoms with Crippen molar-refractivity contribution in [3.63, 3.8) is 0 Å². The molecule has 0 radical (unpaired) electrons. The minimum Gasteiger partial charge on any atom is -0.463 e. The van der Waals surface area contributed by atoms with Gasteiger partial charge in [0.1, 0.15) is 18.3 Å². The van der Waals surface area contributed by atoms with Crippen LogP contribution in [-0.2, 0) is 19.1 Å². The first kappa shape index (κ1) is 24.0. The van der Waals surface area contributed by atoms with Crippen molar-refractivity contribution in [3.05, 3.63) is 0 Å². The summed E-state index contributed by atoms with van der Waals surface area (Å²) in [6, 6.07) is 0. The van der Waals surface area contributed by atoms with Gasteiger partial charge in [0.25, 0.3) is 0 Å². The molecule has 4 saturated carbocycles. The summed E-state index contributed by atoms with van der Waals surface area (Å²) in [5.74, 6) is 1.14. The Balaban J connectivity index is 1.56. The molecule has 0 aromatic heterocycles. The van der Waals surface area contributed by atoms with Gasteiger partial charge >= 0.3 is 11.9 Å². The van der Waals surface area contributed by atoms with E-state index in [1.807, 2.05) is 0 Å². The molecule has 0 heterocycles. The molecule has 4 rings (SSSR count). The van der Waals surface area contributed by atoms with Crippen molar-refractivity contribution in [2.75, 3.05) is 6.61 Å². The highest BCUT2D eigenvalue weighted by molar-refractivity contribution is 5.69. The largest absolute Gasteiger partial charge is 0.463 e. The SMILES string of the molecule is CC(=O)OC[C@@]1(O)C[C@@H]2CC[C@@H]3C(C)(C)[C@H](OC(=O)CC(C)C)CC[C@@]3(C)[C@]23CC[C@H]1C3. The van der Waals surface area contributed by atoms with Crippen molar-refractivity contribution < 1.29 is 24.2 Å². The Morgan fingerprint density at radius 2 is 1.72 bits per heavy atom. The van der Waals surface area contributed by atoms with E-state index in [0.29, 0.717) is 24.2 Å². The first-order chi connectivity index (χ1) is 14.8. The maximum Gasteiger partial charge on any atom is 0.306 e. The summed E-state index contributed by atoms with van der Waals surface area (Å²) in [7, 11) is 0. The summed E-state index contributed by atoms with van der Waals surface area (Å²) in [5, 5.41) is 11.5. The highest BCUT2D eigenvalue weighted by Gasteiger charge is 2.70. The third kappa shape index (κ3) is 3.61. The Labute approximate surface area is 194 Å². The van der Waals surface area contributed by atoms with Gasteiger partial charge in [0.2, 0.25) is 0 Å². The molecule has 5 heteroatoms. The van der Waals surface area contributed by atoms with E-state index in [-0.39, 0.29) is 46.8 Å². The fraction of sp³-hybridized carbons (Fsp3) is 0.926. The molecule has 7 atom stereocenters.